The molecule has 0 bridgehead atoms. The molecular formula is C25H23NO6. The molecule has 2 heterocycles. The Morgan fingerprint density at radius 3 is 2.50 bits per heavy atom. The zero-order valence-electron chi connectivity index (χ0n) is 18.6. The molecule has 4 rings (SSSR count). The summed E-state index contributed by atoms with van der Waals surface area (Å²) in [7, 11) is 2.84. The van der Waals surface area contributed by atoms with E-state index in [2.05, 4.69) is 0 Å². The van der Waals surface area contributed by atoms with Gasteiger partial charge in [-0.15, -0.1) is 0 Å². The average molecular weight is 433 g/mol. The van der Waals surface area contributed by atoms with Crippen LogP contribution in [0, 0.1) is 20.8 Å². The van der Waals surface area contributed by atoms with Crippen LogP contribution in [0.15, 0.2) is 50.2 Å². The third-order valence-corrected chi connectivity index (χ3v) is 5.84. The van der Waals surface area contributed by atoms with Gasteiger partial charge in [-0.05, 0) is 55.7 Å². The molecule has 0 unspecified atom stereocenters. The normalized spacial score (nSPS) is 11.2. The second-order valence-corrected chi connectivity index (χ2v) is 7.82. The Morgan fingerprint density at radius 1 is 1.06 bits per heavy atom. The lowest BCUT2D eigenvalue weighted by Gasteiger charge is -2.20. The maximum atomic E-state index is 13.1. The summed E-state index contributed by atoms with van der Waals surface area (Å²) in [5.41, 5.74) is 3.97. The van der Waals surface area contributed by atoms with Crippen molar-refractivity contribution in [2.45, 2.75) is 27.2 Å². The highest BCUT2D eigenvalue weighted by Gasteiger charge is 2.23. The van der Waals surface area contributed by atoms with Gasteiger partial charge in [0.1, 0.15) is 11.2 Å². The number of carbonyl (C=O) groups excluding carboxylic acids is 2. The number of carbonyl (C=O) groups is 2. The van der Waals surface area contributed by atoms with Gasteiger partial charge < -0.3 is 18.5 Å². The number of fused-ring (bicyclic) bond motifs is 3. The second-order valence-electron chi connectivity index (χ2n) is 7.82. The van der Waals surface area contributed by atoms with Crippen molar-refractivity contribution in [3.8, 4) is 0 Å². The number of benzene rings is 2. The van der Waals surface area contributed by atoms with Crippen LogP contribution < -0.4 is 10.5 Å². The minimum absolute atomic E-state index is 0.189. The molecule has 0 spiro atoms. The van der Waals surface area contributed by atoms with Crippen molar-refractivity contribution in [3.63, 3.8) is 0 Å². The van der Waals surface area contributed by atoms with Crippen LogP contribution in [0.5, 0.6) is 0 Å². The van der Waals surface area contributed by atoms with E-state index in [-0.39, 0.29) is 23.5 Å². The van der Waals surface area contributed by atoms with E-state index in [1.807, 2.05) is 19.9 Å². The third kappa shape index (κ3) is 3.36. The molecule has 32 heavy (non-hydrogen) atoms. The Bertz CT molecular complexity index is 1440. The fraction of sp³-hybridized carbons (Fsp3) is 0.240. The highest BCUT2D eigenvalue weighted by molar-refractivity contribution is 6.07. The molecule has 7 nitrogen and oxygen atoms in total. The van der Waals surface area contributed by atoms with Gasteiger partial charge in [0.25, 0.3) is 0 Å². The van der Waals surface area contributed by atoms with Crippen molar-refractivity contribution in [1.29, 1.82) is 0 Å². The van der Waals surface area contributed by atoms with Gasteiger partial charge in [0.15, 0.2) is 0 Å². The first-order valence-corrected chi connectivity index (χ1v) is 10.1. The number of rotatable bonds is 4. The van der Waals surface area contributed by atoms with Crippen molar-refractivity contribution < 1.29 is 23.2 Å². The zero-order valence-corrected chi connectivity index (χ0v) is 18.6. The van der Waals surface area contributed by atoms with Gasteiger partial charge in [-0.3, -0.25) is 4.79 Å². The van der Waals surface area contributed by atoms with Crippen molar-refractivity contribution in [3.05, 3.63) is 74.8 Å². The fourth-order valence-corrected chi connectivity index (χ4v) is 4.13. The summed E-state index contributed by atoms with van der Waals surface area (Å²) < 4.78 is 16.2. The summed E-state index contributed by atoms with van der Waals surface area (Å²) in [6, 6.07) is 8.46. The van der Waals surface area contributed by atoms with E-state index in [9.17, 15) is 14.4 Å². The molecule has 2 aromatic heterocycles. The predicted molar refractivity (Wildman–Crippen MR) is 121 cm³/mol. The van der Waals surface area contributed by atoms with E-state index in [1.165, 1.54) is 12.0 Å². The summed E-state index contributed by atoms with van der Waals surface area (Å²) in [4.78, 5) is 39.3. The van der Waals surface area contributed by atoms with Gasteiger partial charge in [-0.1, -0.05) is 12.1 Å². The van der Waals surface area contributed by atoms with E-state index in [0.717, 1.165) is 16.5 Å². The van der Waals surface area contributed by atoms with Crippen LogP contribution in [0.4, 0.5) is 5.69 Å². The fourth-order valence-electron chi connectivity index (χ4n) is 4.13. The van der Waals surface area contributed by atoms with E-state index < -0.39 is 11.6 Å². The molecule has 2 aromatic carbocycles. The number of ether oxygens (including phenoxy) is 1. The van der Waals surface area contributed by atoms with E-state index in [0.29, 0.717) is 27.8 Å². The van der Waals surface area contributed by atoms with Gasteiger partial charge in [0.05, 0.1) is 42.0 Å². The smallest absolute Gasteiger partial charge is 0.340 e. The lowest BCUT2D eigenvalue weighted by molar-refractivity contribution is -0.117. The Balaban J connectivity index is 1.79. The molecule has 1 amide bonds. The zero-order chi connectivity index (χ0) is 23.2. The summed E-state index contributed by atoms with van der Waals surface area (Å²) in [5.74, 6) is -0.914. The molecule has 0 atom stereocenters. The first-order chi connectivity index (χ1) is 15.2. The predicted octanol–water partition coefficient (Wildman–Crippen LogP) is 4.46. The summed E-state index contributed by atoms with van der Waals surface area (Å²) in [5, 5.41) is 1.65. The molecule has 0 N–H and O–H groups in total. The van der Waals surface area contributed by atoms with E-state index in [1.54, 1.807) is 44.5 Å². The molecule has 0 aliphatic rings. The van der Waals surface area contributed by atoms with Crippen LogP contribution >= 0.6 is 0 Å². The van der Waals surface area contributed by atoms with Crippen LogP contribution in [0.1, 0.15) is 32.6 Å². The number of methoxy groups -OCH3 is 1. The quantitative estimate of drug-likeness (QED) is 0.349. The Kier molecular flexibility index (Phi) is 5.34. The molecule has 0 radical (unpaired) electrons. The van der Waals surface area contributed by atoms with Crippen molar-refractivity contribution in [1.82, 2.24) is 0 Å². The standard InChI is InChI=1S/C25H23NO6/c1-13-10-19-22(23-21(13)14(2)12-31-23)15(3)17(25(29)32-19)11-20(27)26(4)18-9-7-6-8-16(18)24(28)30-5/h6-10,12H,11H2,1-5H3. The molecule has 0 saturated carbocycles. The molecule has 0 saturated heterocycles. The topological polar surface area (TPSA) is 90.0 Å². The average Bonchev–Trinajstić information content (AvgIpc) is 3.17. The molecule has 0 fully saturated rings. The van der Waals surface area contributed by atoms with Gasteiger partial charge in [-0.25, -0.2) is 9.59 Å². The van der Waals surface area contributed by atoms with Crippen LogP contribution in [0.2, 0.25) is 0 Å². The summed E-state index contributed by atoms with van der Waals surface area (Å²) in [6.45, 7) is 5.68. The molecular weight excluding hydrogens is 410 g/mol. The minimum atomic E-state index is -0.569. The molecule has 0 aliphatic heterocycles. The van der Waals surface area contributed by atoms with E-state index in [4.69, 9.17) is 13.6 Å². The maximum absolute atomic E-state index is 13.1. The summed E-state index contributed by atoms with van der Waals surface area (Å²) >= 11 is 0. The number of amides is 1. The van der Waals surface area contributed by atoms with Gasteiger partial charge in [0, 0.05) is 12.4 Å². The lowest BCUT2D eigenvalue weighted by Crippen LogP contribution is -2.31. The second kappa shape index (κ2) is 8.00. The van der Waals surface area contributed by atoms with Gasteiger partial charge in [-0.2, -0.15) is 0 Å². The third-order valence-electron chi connectivity index (χ3n) is 5.84. The number of hydrogen-bond acceptors (Lipinski definition) is 6. The van der Waals surface area contributed by atoms with Crippen molar-refractivity contribution in [2.24, 2.45) is 0 Å². The number of nitrogens with zero attached hydrogens (tertiary/aromatic N) is 1. The van der Waals surface area contributed by atoms with Gasteiger partial charge >= 0.3 is 11.6 Å². The SMILES string of the molecule is COC(=O)c1ccccc1N(C)C(=O)Cc1c(C)c2c(cc(C)c3c(C)coc32)oc1=O. The van der Waals surface area contributed by atoms with Crippen molar-refractivity contribution >= 4 is 39.5 Å². The highest BCUT2D eigenvalue weighted by atomic mass is 16.5. The molecule has 7 heteroatoms. The Hall–Kier alpha value is -3.87. The Labute approximate surface area is 184 Å². The number of esters is 1. The Morgan fingerprint density at radius 2 is 1.78 bits per heavy atom. The first-order valence-electron chi connectivity index (χ1n) is 10.1. The number of para-hydroxylation sites is 1. The molecule has 164 valence electrons. The van der Waals surface area contributed by atoms with Crippen LogP contribution in [-0.4, -0.2) is 26.0 Å². The monoisotopic (exact) mass is 433 g/mol. The number of hydrogen-bond donors (Lipinski definition) is 0. The molecule has 4 aromatic rings. The van der Waals surface area contributed by atoms with Crippen LogP contribution in [0.25, 0.3) is 21.9 Å². The van der Waals surface area contributed by atoms with Crippen LogP contribution in [0.3, 0.4) is 0 Å². The number of likely N-dealkylation sites (N-methyl/N-ethyl adjacent to an activating group) is 1. The maximum Gasteiger partial charge on any atom is 0.340 e. The minimum Gasteiger partial charge on any atom is -0.465 e. The van der Waals surface area contributed by atoms with Crippen LogP contribution in [-0.2, 0) is 16.0 Å². The van der Waals surface area contributed by atoms with E-state index >= 15 is 0 Å². The molecule has 0 aliphatic carbocycles. The van der Waals surface area contributed by atoms with Crippen molar-refractivity contribution in [2.75, 3.05) is 19.1 Å². The number of anilines is 1. The highest BCUT2D eigenvalue weighted by Crippen LogP contribution is 2.34. The lowest BCUT2D eigenvalue weighted by atomic mass is 9.98. The number of aryl methyl sites for hydroxylation is 3. The van der Waals surface area contributed by atoms with Gasteiger partial charge in [0.2, 0.25) is 5.91 Å². The summed E-state index contributed by atoms with van der Waals surface area (Å²) in [6.07, 6.45) is 1.48. The largest absolute Gasteiger partial charge is 0.465 e. The first kappa shape index (κ1) is 21.4. The number of furan rings is 1.